The van der Waals surface area contributed by atoms with Crippen LogP contribution < -0.4 is 5.32 Å². The molecule has 4 heteroatoms. The molecule has 2 aromatic rings. The zero-order valence-electron chi connectivity index (χ0n) is 12.1. The van der Waals surface area contributed by atoms with E-state index < -0.39 is 0 Å². The van der Waals surface area contributed by atoms with Gasteiger partial charge in [-0.15, -0.1) is 0 Å². The number of benzene rings is 1. The maximum absolute atomic E-state index is 13.0. The molecule has 0 fully saturated rings. The fraction of sp³-hybridized carbons (Fsp3) is 0.438. The highest BCUT2D eigenvalue weighted by atomic mass is 19.1. The Morgan fingerprint density at radius 2 is 1.95 bits per heavy atom. The van der Waals surface area contributed by atoms with Gasteiger partial charge in [0, 0.05) is 12.7 Å². The van der Waals surface area contributed by atoms with Crippen molar-refractivity contribution in [2.24, 2.45) is 0 Å². The third kappa shape index (κ3) is 3.67. The van der Waals surface area contributed by atoms with Crippen LogP contribution in [-0.4, -0.2) is 16.3 Å². The Labute approximate surface area is 119 Å². The molecule has 1 N–H and O–H groups in total. The SMILES string of the molecule is CCCn1nccc1C(Cc1ccc(F)cc1)NCC. The second-order valence-electron chi connectivity index (χ2n) is 4.92. The lowest BCUT2D eigenvalue weighted by Gasteiger charge is -2.19. The molecular formula is C16H22FN3. The first-order chi connectivity index (χ1) is 9.74. The van der Waals surface area contributed by atoms with Gasteiger partial charge in [-0.25, -0.2) is 4.39 Å². The fourth-order valence-corrected chi connectivity index (χ4v) is 2.42. The molecule has 108 valence electrons. The normalized spacial score (nSPS) is 12.6. The third-order valence-electron chi connectivity index (χ3n) is 3.35. The monoisotopic (exact) mass is 275 g/mol. The van der Waals surface area contributed by atoms with E-state index in [2.05, 4.69) is 35.0 Å². The number of aryl methyl sites for hydroxylation is 1. The van der Waals surface area contributed by atoms with Crippen LogP contribution in [0.2, 0.25) is 0 Å². The Morgan fingerprint density at radius 3 is 2.60 bits per heavy atom. The Bertz CT molecular complexity index is 519. The molecule has 1 unspecified atom stereocenters. The molecule has 0 amide bonds. The van der Waals surface area contributed by atoms with Gasteiger partial charge in [0.05, 0.1) is 11.7 Å². The number of halogens is 1. The van der Waals surface area contributed by atoms with Crippen LogP contribution in [0.25, 0.3) is 0 Å². The number of likely N-dealkylation sites (N-methyl/N-ethyl adjacent to an activating group) is 1. The molecule has 0 spiro atoms. The number of aromatic nitrogens is 2. The summed E-state index contributed by atoms with van der Waals surface area (Å²) in [6.45, 7) is 6.06. The van der Waals surface area contributed by atoms with Crippen molar-refractivity contribution in [1.82, 2.24) is 15.1 Å². The van der Waals surface area contributed by atoms with E-state index in [-0.39, 0.29) is 11.9 Å². The van der Waals surface area contributed by atoms with Crippen molar-refractivity contribution in [1.29, 1.82) is 0 Å². The predicted octanol–water partition coefficient (Wildman–Crippen LogP) is 3.33. The molecule has 1 heterocycles. The van der Waals surface area contributed by atoms with E-state index in [4.69, 9.17) is 0 Å². The van der Waals surface area contributed by atoms with Crippen molar-refractivity contribution >= 4 is 0 Å². The zero-order chi connectivity index (χ0) is 14.4. The van der Waals surface area contributed by atoms with E-state index in [0.717, 1.165) is 31.5 Å². The summed E-state index contributed by atoms with van der Waals surface area (Å²) in [5.74, 6) is -0.190. The Kier molecular flexibility index (Phi) is 5.30. The summed E-state index contributed by atoms with van der Waals surface area (Å²) < 4.78 is 15.0. The Balaban J connectivity index is 2.17. The van der Waals surface area contributed by atoms with Crippen LogP contribution in [0, 0.1) is 5.82 Å². The van der Waals surface area contributed by atoms with Crippen molar-refractivity contribution in [2.75, 3.05) is 6.54 Å². The molecule has 20 heavy (non-hydrogen) atoms. The van der Waals surface area contributed by atoms with Gasteiger partial charge in [-0.1, -0.05) is 26.0 Å². The topological polar surface area (TPSA) is 29.9 Å². The summed E-state index contributed by atoms with van der Waals surface area (Å²) in [4.78, 5) is 0. The molecule has 0 aliphatic carbocycles. The van der Waals surface area contributed by atoms with E-state index in [1.54, 1.807) is 0 Å². The van der Waals surface area contributed by atoms with Gasteiger partial charge in [-0.3, -0.25) is 4.68 Å². The minimum absolute atomic E-state index is 0.190. The largest absolute Gasteiger partial charge is 0.309 e. The second kappa shape index (κ2) is 7.20. The molecule has 0 saturated heterocycles. The van der Waals surface area contributed by atoms with Crippen LogP contribution in [0.4, 0.5) is 4.39 Å². The molecule has 0 saturated carbocycles. The van der Waals surface area contributed by atoms with E-state index in [1.807, 2.05) is 18.3 Å². The number of nitrogens with one attached hydrogen (secondary N) is 1. The minimum Gasteiger partial charge on any atom is -0.309 e. The maximum Gasteiger partial charge on any atom is 0.123 e. The maximum atomic E-state index is 13.0. The average molecular weight is 275 g/mol. The highest BCUT2D eigenvalue weighted by molar-refractivity contribution is 5.20. The summed E-state index contributed by atoms with van der Waals surface area (Å²) in [6, 6.07) is 9.00. The lowest BCUT2D eigenvalue weighted by atomic mass is 10.0. The number of rotatable bonds is 7. The van der Waals surface area contributed by atoms with E-state index in [9.17, 15) is 4.39 Å². The fourth-order valence-electron chi connectivity index (χ4n) is 2.42. The van der Waals surface area contributed by atoms with E-state index >= 15 is 0 Å². The van der Waals surface area contributed by atoms with Gasteiger partial charge in [0.2, 0.25) is 0 Å². The summed E-state index contributed by atoms with van der Waals surface area (Å²) in [5.41, 5.74) is 2.32. The van der Waals surface area contributed by atoms with Crippen LogP contribution in [0.1, 0.15) is 37.6 Å². The molecular weight excluding hydrogens is 253 g/mol. The van der Waals surface area contributed by atoms with Crippen molar-refractivity contribution in [3.63, 3.8) is 0 Å². The third-order valence-corrected chi connectivity index (χ3v) is 3.35. The number of hydrogen-bond acceptors (Lipinski definition) is 2. The van der Waals surface area contributed by atoms with Crippen molar-refractivity contribution in [3.8, 4) is 0 Å². The summed E-state index contributed by atoms with van der Waals surface area (Å²) in [6.07, 6.45) is 3.74. The summed E-state index contributed by atoms with van der Waals surface area (Å²) in [5, 5.41) is 7.87. The minimum atomic E-state index is -0.190. The Hall–Kier alpha value is -1.68. The molecule has 1 aromatic carbocycles. The molecule has 0 radical (unpaired) electrons. The van der Waals surface area contributed by atoms with Crippen molar-refractivity contribution in [3.05, 3.63) is 53.6 Å². The molecule has 3 nitrogen and oxygen atoms in total. The molecule has 0 bridgehead atoms. The van der Waals surface area contributed by atoms with Crippen LogP contribution in [-0.2, 0) is 13.0 Å². The standard InChI is InChI=1S/C16H22FN3/c1-3-11-20-16(9-10-19-20)15(18-4-2)12-13-5-7-14(17)8-6-13/h5-10,15,18H,3-4,11-12H2,1-2H3. The predicted molar refractivity (Wildman–Crippen MR) is 79.0 cm³/mol. The molecule has 0 aliphatic heterocycles. The highest BCUT2D eigenvalue weighted by Gasteiger charge is 2.15. The molecule has 1 aromatic heterocycles. The number of nitrogens with zero attached hydrogens (tertiary/aromatic N) is 2. The van der Waals surface area contributed by atoms with E-state index in [1.165, 1.54) is 17.8 Å². The van der Waals surface area contributed by atoms with Crippen LogP contribution in [0.5, 0.6) is 0 Å². The lowest BCUT2D eigenvalue weighted by Crippen LogP contribution is -2.25. The van der Waals surface area contributed by atoms with Crippen LogP contribution in [0.15, 0.2) is 36.5 Å². The van der Waals surface area contributed by atoms with Crippen molar-refractivity contribution in [2.45, 2.75) is 39.3 Å². The highest BCUT2D eigenvalue weighted by Crippen LogP contribution is 2.19. The average Bonchev–Trinajstić information content (AvgIpc) is 2.89. The smallest absolute Gasteiger partial charge is 0.123 e. The molecule has 0 aliphatic rings. The van der Waals surface area contributed by atoms with Crippen LogP contribution >= 0.6 is 0 Å². The first-order valence-corrected chi connectivity index (χ1v) is 7.24. The van der Waals surface area contributed by atoms with Gasteiger partial charge in [-0.2, -0.15) is 5.10 Å². The van der Waals surface area contributed by atoms with Gasteiger partial charge < -0.3 is 5.32 Å². The first-order valence-electron chi connectivity index (χ1n) is 7.24. The van der Waals surface area contributed by atoms with Gasteiger partial charge in [0.1, 0.15) is 5.82 Å². The van der Waals surface area contributed by atoms with Crippen LogP contribution in [0.3, 0.4) is 0 Å². The second-order valence-corrected chi connectivity index (χ2v) is 4.92. The quantitative estimate of drug-likeness (QED) is 0.840. The molecule has 2 rings (SSSR count). The first kappa shape index (κ1) is 14.7. The number of hydrogen-bond donors (Lipinski definition) is 1. The van der Waals surface area contributed by atoms with Gasteiger partial charge >= 0.3 is 0 Å². The lowest BCUT2D eigenvalue weighted by molar-refractivity contribution is 0.478. The van der Waals surface area contributed by atoms with Gasteiger partial charge in [-0.05, 0) is 43.1 Å². The van der Waals surface area contributed by atoms with Gasteiger partial charge in [0.15, 0.2) is 0 Å². The summed E-state index contributed by atoms with van der Waals surface area (Å²) in [7, 11) is 0. The van der Waals surface area contributed by atoms with Crippen molar-refractivity contribution < 1.29 is 4.39 Å². The zero-order valence-corrected chi connectivity index (χ0v) is 12.1. The Morgan fingerprint density at radius 1 is 1.20 bits per heavy atom. The van der Waals surface area contributed by atoms with E-state index in [0.29, 0.717) is 0 Å². The summed E-state index contributed by atoms with van der Waals surface area (Å²) >= 11 is 0. The van der Waals surface area contributed by atoms with Gasteiger partial charge in [0.25, 0.3) is 0 Å². The molecule has 1 atom stereocenters.